The predicted octanol–water partition coefficient (Wildman–Crippen LogP) is 1.14. The van der Waals surface area contributed by atoms with E-state index in [0.717, 1.165) is 12.8 Å². The highest BCUT2D eigenvalue weighted by Gasteiger charge is 2.35. The number of amides is 3. The Hall–Kier alpha value is -2.37. The molecule has 0 spiro atoms. The Morgan fingerprint density at radius 3 is 2.40 bits per heavy atom. The van der Waals surface area contributed by atoms with Gasteiger partial charge in [-0.1, -0.05) is 30.3 Å². The van der Waals surface area contributed by atoms with Crippen molar-refractivity contribution >= 4 is 17.9 Å². The summed E-state index contributed by atoms with van der Waals surface area (Å²) in [4.78, 5) is 35.0. The van der Waals surface area contributed by atoms with Crippen molar-refractivity contribution in [2.24, 2.45) is 5.92 Å². The molecule has 1 aliphatic carbocycles. The minimum Gasteiger partial charge on any atom is -0.447 e. The van der Waals surface area contributed by atoms with Crippen molar-refractivity contribution in [3.05, 3.63) is 35.9 Å². The summed E-state index contributed by atoms with van der Waals surface area (Å²) in [5.74, 6) is -1.18. The monoisotopic (exact) mass is 276 g/mol. The fourth-order valence-corrected chi connectivity index (χ4v) is 1.67. The number of benzene rings is 1. The van der Waals surface area contributed by atoms with Crippen LogP contribution in [0.4, 0.5) is 4.79 Å². The van der Waals surface area contributed by atoms with E-state index in [0.29, 0.717) is 5.56 Å². The number of hydrogen-bond acceptors (Lipinski definition) is 4. The minimum absolute atomic E-state index is 0.117. The highest BCUT2D eigenvalue weighted by molar-refractivity contribution is 5.97. The van der Waals surface area contributed by atoms with E-state index >= 15 is 0 Å². The molecule has 20 heavy (non-hydrogen) atoms. The summed E-state index contributed by atoms with van der Waals surface area (Å²) >= 11 is 0. The van der Waals surface area contributed by atoms with Gasteiger partial charge in [0.25, 0.3) is 5.91 Å². The molecule has 1 atom stereocenters. The lowest BCUT2D eigenvalue weighted by molar-refractivity contribution is -0.157. The Morgan fingerprint density at radius 2 is 1.85 bits per heavy atom. The number of esters is 1. The van der Waals surface area contributed by atoms with Gasteiger partial charge in [-0.25, -0.2) is 4.79 Å². The van der Waals surface area contributed by atoms with Crippen LogP contribution in [0.1, 0.15) is 24.5 Å². The quantitative estimate of drug-likeness (QED) is 0.807. The highest BCUT2D eigenvalue weighted by atomic mass is 16.5. The van der Waals surface area contributed by atoms with Crippen LogP contribution in [0, 0.1) is 5.92 Å². The van der Waals surface area contributed by atoms with Gasteiger partial charge in [-0.15, -0.1) is 0 Å². The Balaban J connectivity index is 2.12. The number of nitrogens with one attached hydrogen (secondary N) is 2. The number of imide groups is 1. The second kappa shape index (κ2) is 6.18. The van der Waals surface area contributed by atoms with Crippen molar-refractivity contribution in [1.29, 1.82) is 0 Å². The normalized spacial score (nSPS) is 15.1. The van der Waals surface area contributed by atoms with Crippen LogP contribution in [0.5, 0.6) is 0 Å². The van der Waals surface area contributed by atoms with Gasteiger partial charge in [0, 0.05) is 12.6 Å². The summed E-state index contributed by atoms with van der Waals surface area (Å²) < 4.78 is 5.24. The van der Waals surface area contributed by atoms with Crippen molar-refractivity contribution in [1.82, 2.24) is 10.6 Å². The maximum absolute atomic E-state index is 12.0. The Labute approximate surface area is 116 Å². The lowest BCUT2D eigenvalue weighted by atomic mass is 10.1. The van der Waals surface area contributed by atoms with Crippen LogP contribution in [-0.2, 0) is 14.3 Å². The molecule has 3 amide bonds. The zero-order valence-electron chi connectivity index (χ0n) is 11.1. The van der Waals surface area contributed by atoms with E-state index in [1.54, 1.807) is 30.3 Å². The molecule has 6 heteroatoms. The van der Waals surface area contributed by atoms with E-state index in [9.17, 15) is 14.4 Å². The zero-order chi connectivity index (χ0) is 14.5. The maximum Gasteiger partial charge on any atom is 0.321 e. The number of hydrogen-bond donors (Lipinski definition) is 2. The molecule has 0 unspecified atom stereocenters. The van der Waals surface area contributed by atoms with Gasteiger partial charge >= 0.3 is 12.0 Å². The summed E-state index contributed by atoms with van der Waals surface area (Å²) in [6.45, 7) is 0. The van der Waals surface area contributed by atoms with Crippen molar-refractivity contribution in [3.8, 4) is 0 Å². The molecule has 2 N–H and O–H groups in total. The lowest BCUT2D eigenvalue weighted by Gasteiger charge is -2.17. The van der Waals surface area contributed by atoms with E-state index in [1.807, 2.05) is 0 Å². The summed E-state index contributed by atoms with van der Waals surface area (Å²) in [6, 6.07) is 7.97. The molecule has 1 aromatic carbocycles. The molecule has 0 bridgehead atoms. The number of carbonyl (C=O) groups is 3. The molecule has 106 valence electrons. The molecule has 0 aliphatic heterocycles. The molecule has 0 saturated heterocycles. The van der Waals surface area contributed by atoms with Crippen LogP contribution >= 0.6 is 0 Å². The Kier molecular flexibility index (Phi) is 4.34. The number of ether oxygens (including phenoxy) is 1. The van der Waals surface area contributed by atoms with Crippen LogP contribution in [0.2, 0.25) is 0 Å². The molecule has 1 aromatic rings. The van der Waals surface area contributed by atoms with Gasteiger partial charge in [-0.3, -0.25) is 14.9 Å². The van der Waals surface area contributed by atoms with Gasteiger partial charge in [-0.2, -0.15) is 0 Å². The summed E-state index contributed by atoms with van der Waals surface area (Å²) in [7, 11) is 1.40. The van der Waals surface area contributed by atoms with Gasteiger partial charge in [0.05, 0.1) is 5.92 Å². The predicted molar refractivity (Wildman–Crippen MR) is 70.6 cm³/mol. The fourth-order valence-electron chi connectivity index (χ4n) is 1.67. The Bertz CT molecular complexity index is 511. The standard InChI is InChI=1S/C14H16N2O4/c1-15-14(19)16-12(17)11(9-5-3-2-4-6-9)20-13(18)10-7-8-10/h2-6,10-11H,7-8H2,1H3,(H2,15,16,17,19)/t11-/m0/s1. The number of rotatable bonds is 4. The summed E-state index contributed by atoms with van der Waals surface area (Å²) in [6.07, 6.45) is 0.469. The third-order valence-electron chi connectivity index (χ3n) is 2.95. The first-order chi connectivity index (χ1) is 9.61. The van der Waals surface area contributed by atoms with Gasteiger partial charge < -0.3 is 10.1 Å². The molecule has 2 rings (SSSR count). The molecule has 1 saturated carbocycles. The summed E-state index contributed by atoms with van der Waals surface area (Å²) in [5.41, 5.74) is 0.530. The van der Waals surface area contributed by atoms with E-state index in [4.69, 9.17) is 4.74 Å². The SMILES string of the molecule is CNC(=O)NC(=O)[C@@H](OC(=O)C1CC1)c1ccccc1. The minimum atomic E-state index is -1.11. The molecule has 6 nitrogen and oxygen atoms in total. The average Bonchev–Trinajstić information content (AvgIpc) is 3.29. The fraction of sp³-hybridized carbons (Fsp3) is 0.357. The first kappa shape index (κ1) is 14.0. The second-order valence-electron chi connectivity index (χ2n) is 4.57. The number of carbonyl (C=O) groups excluding carboxylic acids is 3. The molecule has 0 heterocycles. The van der Waals surface area contributed by atoms with Crippen molar-refractivity contribution in [3.63, 3.8) is 0 Å². The molecule has 0 radical (unpaired) electrons. The molecule has 0 aromatic heterocycles. The van der Waals surface area contributed by atoms with Crippen LogP contribution in [0.25, 0.3) is 0 Å². The lowest BCUT2D eigenvalue weighted by Crippen LogP contribution is -2.41. The largest absolute Gasteiger partial charge is 0.447 e. The third kappa shape index (κ3) is 3.57. The second-order valence-corrected chi connectivity index (χ2v) is 4.57. The van der Waals surface area contributed by atoms with E-state index in [1.165, 1.54) is 7.05 Å². The molecular weight excluding hydrogens is 260 g/mol. The van der Waals surface area contributed by atoms with E-state index in [2.05, 4.69) is 10.6 Å². The van der Waals surface area contributed by atoms with Gasteiger partial charge in [0.1, 0.15) is 0 Å². The van der Waals surface area contributed by atoms with Gasteiger partial charge in [0.15, 0.2) is 0 Å². The third-order valence-corrected chi connectivity index (χ3v) is 2.95. The highest BCUT2D eigenvalue weighted by Crippen LogP contribution is 2.32. The van der Waals surface area contributed by atoms with Gasteiger partial charge in [-0.05, 0) is 12.8 Å². The van der Waals surface area contributed by atoms with Crippen molar-refractivity contribution < 1.29 is 19.1 Å². The zero-order valence-corrected chi connectivity index (χ0v) is 11.1. The Morgan fingerprint density at radius 1 is 1.20 bits per heavy atom. The molecule has 1 fully saturated rings. The maximum atomic E-state index is 12.0. The topological polar surface area (TPSA) is 84.5 Å². The van der Waals surface area contributed by atoms with Crippen LogP contribution < -0.4 is 10.6 Å². The molecular formula is C14H16N2O4. The van der Waals surface area contributed by atoms with E-state index in [-0.39, 0.29) is 5.92 Å². The van der Waals surface area contributed by atoms with Crippen molar-refractivity contribution in [2.75, 3.05) is 7.05 Å². The van der Waals surface area contributed by atoms with Crippen LogP contribution in [0.15, 0.2) is 30.3 Å². The first-order valence-corrected chi connectivity index (χ1v) is 6.40. The first-order valence-electron chi connectivity index (χ1n) is 6.40. The van der Waals surface area contributed by atoms with Crippen LogP contribution in [-0.4, -0.2) is 25.0 Å². The van der Waals surface area contributed by atoms with Crippen molar-refractivity contribution in [2.45, 2.75) is 18.9 Å². The van der Waals surface area contributed by atoms with Gasteiger partial charge in [0.2, 0.25) is 6.10 Å². The summed E-state index contributed by atoms with van der Waals surface area (Å²) in [5, 5.41) is 4.41. The number of urea groups is 1. The smallest absolute Gasteiger partial charge is 0.321 e. The molecule has 1 aliphatic rings. The van der Waals surface area contributed by atoms with E-state index < -0.39 is 24.0 Å². The average molecular weight is 276 g/mol. The van der Waals surface area contributed by atoms with Crippen LogP contribution in [0.3, 0.4) is 0 Å².